The molecule has 0 aliphatic heterocycles. The van der Waals surface area contributed by atoms with Crippen molar-refractivity contribution < 1.29 is 14.3 Å². The number of hydrogen-bond acceptors (Lipinski definition) is 4. The zero-order valence-corrected chi connectivity index (χ0v) is 15.8. The molecule has 0 spiro atoms. The molecule has 25 heavy (non-hydrogen) atoms. The van der Waals surface area contributed by atoms with E-state index >= 15 is 0 Å². The third-order valence-corrected chi connectivity index (χ3v) is 4.90. The number of carbonyl (C=O) groups is 2. The highest BCUT2D eigenvalue weighted by molar-refractivity contribution is 7.99. The summed E-state index contributed by atoms with van der Waals surface area (Å²) in [6.45, 7) is 5.50. The molecule has 0 saturated heterocycles. The summed E-state index contributed by atoms with van der Waals surface area (Å²) in [4.78, 5) is 23.8. The highest BCUT2D eigenvalue weighted by Crippen LogP contribution is 2.25. The molecule has 0 bridgehead atoms. The second kappa shape index (κ2) is 8.72. The molecular formula is C20H23NO3S. The van der Waals surface area contributed by atoms with E-state index in [9.17, 15) is 9.59 Å². The Balaban J connectivity index is 1.97. The maximum absolute atomic E-state index is 12.2. The monoisotopic (exact) mass is 357 g/mol. The molecule has 4 nitrogen and oxygen atoms in total. The Morgan fingerprint density at radius 2 is 1.80 bits per heavy atom. The van der Waals surface area contributed by atoms with Gasteiger partial charge in [-0.15, -0.1) is 11.8 Å². The number of para-hydroxylation sites is 1. The molecule has 0 heterocycles. The molecule has 5 heteroatoms. The van der Waals surface area contributed by atoms with E-state index in [2.05, 4.69) is 5.32 Å². The Hall–Kier alpha value is -2.27. The number of methoxy groups -OCH3 is 1. The molecule has 0 fully saturated rings. The molecule has 2 aromatic rings. The third-order valence-electron chi connectivity index (χ3n) is 3.92. The van der Waals surface area contributed by atoms with Crippen LogP contribution in [-0.2, 0) is 10.5 Å². The average Bonchev–Trinajstić information content (AvgIpc) is 2.58. The van der Waals surface area contributed by atoms with Crippen LogP contribution in [0.2, 0.25) is 0 Å². The molecule has 132 valence electrons. The number of nitrogens with one attached hydrogen (secondary N) is 1. The van der Waals surface area contributed by atoms with Gasteiger partial charge in [-0.3, -0.25) is 9.59 Å². The van der Waals surface area contributed by atoms with Crippen LogP contribution in [0.25, 0.3) is 0 Å². The molecule has 1 N–H and O–H groups in total. The summed E-state index contributed by atoms with van der Waals surface area (Å²) in [5.74, 6) is 1.64. The number of anilines is 1. The first-order valence-electron chi connectivity index (χ1n) is 8.04. The van der Waals surface area contributed by atoms with Gasteiger partial charge in [0.2, 0.25) is 5.91 Å². The number of amides is 1. The highest BCUT2D eigenvalue weighted by Gasteiger charge is 2.10. The lowest BCUT2D eigenvalue weighted by Gasteiger charge is -2.12. The quantitative estimate of drug-likeness (QED) is 0.747. The minimum Gasteiger partial charge on any atom is -0.496 e. The lowest BCUT2D eigenvalue weighted by atomic mass is 10.1. The van der Waals surface area contributed by atoms with Crippen LogP contribution in [-0.4, -0.2) is 24.6 Å². The molecular weight excluding hydrogens is 334 g/mol. The van der Waals surface area contributed by atoms with Crippen LogP contribution in [0.5, 0.6) is 5.75 Å². The number of hydrogen-bond donors (Lipinski definition) is 1. The Labute approximate surface area is 153 Å². The van der Waals surface area contributed by atoms with Crippen LogP contribution < -0.4 is 10.1 Å². The van der Waals surface area contributed by atoms with E-state index in [0.29, 0.717) is 17.1 Å². The van der Waals surface area contributed by atoms with E-state index in [1.54, 1.807) is 19.2 Å². The van der Waals surface area contributed by atoms with Gasteiger partial charge in [0.1, 0.15) is 5.75 Å². The SMILES string of the molecule is COc1ccc(C(C)=O)cc1CSCC(=O)Nc1c(C)cccc1C. The van der Waals surface area contributed by atoms with E-state index in [-0.39, 0.29) is 11.7 Å². The normalized spacial score (nSPS) is 10.4. The molecule has 0 aromatic heterocycles. The number of Topliss-reactive ketones (excluding diaryl/α,β-unsaturated/α-hetero) is 1. The Kier molecular flexibility index (Phi) is 6.65. The van der Waals surface area contributed by atoms with E-state index in [1.807, 2.05) is 38.1 Å². The standard InChI is InChI=1S/C20H23NO3S/c1-13-6-5-7-14(2)20(13)21-19(23)12-25-11-17-10-16(15(3)22)8-9-18(17)24-4/h5-10H,11-12H2,1-4H3,(H,21,23). The maximum atomic E-state index is 12.2. The van der Waals surface area contributed by atoms with Gasteiger partial charge in [-0.25, -0.2) is 0 Å². The summed E-state index contributed by atoms with van der Waals surface area (Å²) in [7, 11) is 1.60. The number of benzene rings is 2. The molecule has 2 rings (SSSR count). The van der Waals surface area contributed by atoms with Gasteiger partial charge >= 0.3 is 0 Å². The lowest BCUT2D eigenvalue weighted by Crippen LogP contribution is -2.16. The molecule has 0 unspecified atom stereocenters. The largest absolute Gasteiger partial charge is 0.496 e. The molecule has 0 saturated carbocycles. The molecule has 0 radical (unpaired) electrons. The summed E-state index contributed by atoms with van der Waals surface area (Å²) in [6.07, 6.45) is 0. The van der Waals surface area contributed by atoms with Crippen molar-refractivity contribution in [3.8, 4) is 5.75 Å². The van der Waals surface area contributed by atoms with Crippen LogP contribution >= 0.6 is 11.8 Å². The number of ketones is 1. The number of carbonyl (C=O) groups excluding carboxylic acids is 2. The summed E-state index contributed by atoms with van der Waals surface area (Å²) < 4.78 is 5.34. The van der Waals surface area contributed by atoms with Crippen LogP contribution in [0.15, 0.2) is 36.4 Å². The average molecular weight is 357 g/mol. The molecule has 0 aliphatic rings. The minimum atomic E-state index is -0.0379. The fourth-order valence-electron chi connectivity index (χ4n) is 2.55. The third kappa shape index (κ3) is 5.10. The van der Waals surface area contributed by atoms with Crippen molar-refractivity contribution in [2.45, 2.75) is 26.5 Å². The predicted molar refractivity (Wildman–Crippen MR) is 104 cm³/mol. The van der Waals surface area contributed by atoms with Crippen LogP contribution in [0, 0.1) is 13.8 Å². The van der Waals surface area contributed by atoms with Gasteiger partial charge in [0, 0.05) is 22.6 Å². The zero-order valence-electron chi connectivity index (χ0n) is 15.0. The lowest BCUT2D eigenvalue weighted by molar-refractivity contribution is -0.113. The second-order valence-electron chi connectivity index (χ2n) is 5.89. The molecule has 0 atom stereocenters. The maximum Gasteiger partial charge on any atom is 0.234 e. The Morgan fingerprint density at radius 1 is 1.12 bits per heavy atom. The summed E-state index contributed by atoms with van der Waals surface area (Å²) in [5.41, 5.74) is 4.55. The van der Waals surface area contributed by atoms with Gasteiger partial charge in [-0.2, -0.15) is 0 Å². The summed E-state index contributed by atoms with van der Waals surface area (Å²) >= 11 is 1.49. The number of ether oxygens (including phenoxy) is 1. The first kappa shape index (κ1) is 19.1. The highest BCUT2D eigenvalue weighted by atomic mass is 32.2. The molecule has 1 amide bonds. The summed E-state index contributed by atoms with van der Waals surface area (Å²) in [5, 5.41) is 2.98. The van der Waals surface area contributed by atoms with Gasteiger partial charge in [0.15, 0.2) is 5.78 Å². The van der Waals surface area contributed by atoms with Crippen molar-refractivity contribution >= 4 is 29.1 Å². The smallest absolute Gasteiger partial charge is 0.234 e. The van der Waals surface area contributed by atoms with Crippen molar-refractivity contribution in [2.75, 3.05) is 18.2 Å². The first-order valence-corrected chi connectivity index (χ1v) is 9.19. The molecule has 0 aliphatic carbocycles. The Bertz CT molecular complexity index is 766. The van der Waals surface area contributed by atoms with Crippen molar-refractivity contribution in [3.05, 3.63) is 58.7 Å². The van der Waals surface area contributed by atoms with Gasteiger partial charge in [-0.1, -0.05) is 18.2 Å². The van der Waals surface area contributed by atoms with Crippen molar-refractivity contribution in [1.29, 1.82) is 0 Å². The Morgan fingerprint density at radius 3 is 2.40 bits per heavy atom. The van der Waals surface area contributed by atoms with E-state index in [4.69, 9.17) is 4.74 Å². The molecule has 2 aromatic carbocycles. The number of aryl methyl sites for hydroxylation is 2. The van der Waals surface area contributed by atoms with Gasteiger partial charge < -0.3 is 10.1 Å². The number of rotatable bonds is 7. The van der Waals surface area contributed by atoms with Gasteiger partial charge in [0.05, 0.1) is 12.9 Å². The minimum absolute atomic E-state index is 0.0154. The van der Waals surface area contributed by atoms with E-state index < -0.39 is 0 Å². The predicted octanol–water partition coefficient (Wildman–Crippen LogP) is 4.39. The van der Waals surface area contributed by atoms with Crippen molar-refractivity contribution in [1.82, 2.24) is 0 Å². The fraction of sp³-hybridized carbons (Fsp3) is 0.300. The topological polar surface area (TPSA) is 55.4 Å². The summed E-state index contributed by atoms with van der Waals surface area (Å²) in [6, 6.07) is 11.3. The van der Waals surface area contributed by atoms with Gasteiger partial charge in [-0.05, 0) is 50.1 Å². The van der Waals surface area contributed by atoms with E-state index in [1.165, 1.54) is 18.7 Å². The van der Waals surface area contributed by atoms with Gasteiger partial charge in [0.25, 0.3) is 0 Å². The van der Waals surface area contributed by atoms with Crippen LogP contribution in [0.3, 0.4) is 0 Å². The van der Waals surface area contributed by atoms with Crippen molar-refractivity contribution in [3.63, 3.8) is 0 Å². The first-order chi connectivity index (χ1) is 11.9. The van der Waals surface area contributed by atoms with Crippen LogP contribution in [0.4, 0.5) is 5.69 Å². The zero-order chi connectivity index (χ0) is 18.4. The second-order valence-corrected chi connectivity index (χ2v) is 6.88. The van der Waals surface area contributed by atoms with E-state index in [0.717, 1.165) is 28.1 Å². The van der Waals surface area contributed by atoms with Crippen LogP contribution in [0.1, 0.15) is 34.0 Å². The van der Waals surface area contributed by atoms with Crippen molar-refractivity contribution in [2.24, 2.45) is 0 Å². The fourth-order valence-corrected chi connectivity index (χ4v) is 3.36. The number of thioether (sulfide) groups is 1.